The van der Waals surface area contributed by atoms with Crippen molar-refractivity contribution in [1.82, 2.24) is 29.4 Å². The fourth-order valence-corrected chi connectivity index (χ4v) is 6.25. The molecule has 0 aliphatic carbocycles. The molecule has 1 aliphatic heterocycles. The molecule has 5 aromatic rings. The van der Waals surface area contributed by atoms with Crippen LogP contribution >= 0.6 is 11.6 Å². The van der Waals surface area contributed by atoms with Crippen molar-refractivity contribution in [1.29, 1.82) is 5.26 Å². The lowest BCUT2D eigenvalue weighted by atomic mass is 9.95. The molecule has 2 amide bonds. The highest BCUT2D eigenvalue weighted by molar-refractivity contribution is 6.31. The average molecular weight is 648 g/mol. The number of amides is 2. The van der Waals surface area contributed by atoms with Gasteiger partial charge in [0.1, 0.15) is 29.0 Å². The zero-order valence-electron chi connectivity index (χ0n) is 25.9. The summed E-state index contributed by atoms with van der Waals surface area (Å²) in [5, 5.41) is 17.1. The molecule has 1 aliphatic rings. The number of imidazole rings is 1. The molecular weight excluding hydrogens is 617 g/mol. The number of hydrogen-bond acceptors (Lipinski definition) is 5. The van der Waals surface area contributed by atoms with E-state index in [1.54, 1.807) is 46.6 Å². The van der Waals surface area contributed by atoms with E-state index in [9.17, 15) is 19.2 Å². The zero-order valence-corrected chi connectivity index (χ0v) is 26.6. The van der Waals surface area contributed by atoms with Crippen molar-refractivity contribution < 1.29 is 14.0 Å². The summed E-state index contributed by atoms with van der Waals surface area (Å²) in [6, 6.07) is 18.3. The van der Waals surface area contributed by atoms with Gasteiger partial charge in [0, 0.05) is 47.5 Å². The molecule has 2 aromatic carbocycles. The minimum atomic E-state index is -0.685. The van der Waals surface area contributed by atoms with Gasteiger partial charge in [-0.15, -0.1) is 0 Å². The van der Waals surface area contributed by atoms with E-state index in [4.69, 9.17) is 11.6 Å². The Hall–Kier alpha value is -5.45. The summed E-state index contributed by atoms with van der Waals surface area (Å²) < 4.78 is 17.8. The van der Waals surface area contributed by atoms with Gasteiger partial charge in [-0.1, -0.05) is 29.7 Å². The molecule has 11 heteroatoms. The van der Waals surface area contributed by atoms with Crippen molar-refractivity contribution in [2.75, 3.05) is 13.1 Å². The van der Waals surface area contributed by atoms with Crippen LogP contribution < -0.4 is 5.32 Å². The molecule has 47 heavy (non-hydrogen) atoms. The minimum Gasteiger partial charge on any atom is -0.344 e. The number of aromatic nitrogens is 4. The van der Waals surface area contributed by atoms with Crippen LogP contribution in [0.5, 0.6) is 0 Å². The Kier molecular flexibility index (Phi) is 9.05. The van der Waals surface area contributed by atoms with Crippen LogP contribution in [0.25, 0.3) is 5.65 Å². The van der Waals surface area contributed by atoms with Crippen LogP contribution in [0.4, 0.5) is 4.39 Å². The second kappa shape index (κ2) is 13.5. The van der Waals surface area contributed by atoms with E-state index in [2.05, 4.69) is 33.3 Å². The highest BCUT2D eigenvalue weighted by atomic mass is 35.5. The molecule has 0 saturated carbocycles. The van der Waals surface area contributed by atoms with E-state index >= 15 is 0 Å². The van der Waals surface area contributed by atoms with Crippen LogP contribution in [0.1, 0.15) is 74.7 Å². The molecule has 1 N–H and O–H groups in total. The Bertz CT molecular complexity index is 2070. The maximum absolute atomic E-state index is 14.4. The van der Waals surface area contributed by atoms with Crippen molar-refractivity contribution in [3.05, 3.63) is 123 Å². The summed E-state index contributed by atoms with van der Waals surface area (Å²) in [6.07, 6.45) is 4.76. The Morgan fingerprint density at radius 2 is 1.89 bits per heavy atom. The van der Waals surface area contributed by atoms with Crippen LogP contribution in [0.3, 0.4) is 0 Å². The van der Waals surface area contributed by atoms with Crippen LogP contribution in [0, 0.1) is 41.8 Å². The van der Waals surface area contributed by atoms with E-state index in [-0.39, 0.29) is 22.4 Å². The monoisotopic (exact) mass is 647 g/mol. The van der Waals surface area contributed by atoms with Crippen LogP contribution in [0.2, 0.25) is 5.02 Å². The Balaban J connectivity index is 1.11. The second-order valence-corrected chi connectivity index (χ2v) is 12.0. The number of piperidine rings is 1. The number of hydrogen-bond donors (Lipinski definition) is 1. The third-order valence-corrected chi connectivity index (χ3v) is 8.87. The lowest BCUT2D eigenvalue weighted by molar-refractivity contribution is 0.0682. The molecule has 236 valence electrons. The molecule has 9 nitrogen and oxygen atoms in total. The maximum Gasteiger partial charge on any atom is 0.268 e. The van der Waals surface area contributed by atoms with E-state index in [0.717, 1.165) is 11.1 Å². The van der Waals surface area contributed by atoms with Gasteiger partial charge in [0.2, 0.25) is 0 Å². The van der Waals surface area contributed by atoms with Crippen LogP contribution in [-0.4, -0.2) is 49.0 Å². The number of rotatable bonds is 6. The zero-order chi connectivity index (χ0) is 33.1. The molecule has 1 fully saturated rings. The van der Waals surface area contributed by atoms with Gasteiger partial charge in [-0.2, -0.15) is 10.4 Å². The van der Waals surface area contributed by atoms with Gasteiger partial charge in [-0.05, 0) is 92.6 Å². The Morgan fingerprint density at radius 3 is 2.66 bits per heavy atom. The molecule has 3 aromatic heterocycles. The summed E-state index contributed by atoms with van der Waals surface area (Å²) in [5.74, 6) is 5.45. The van der Waals surface area contributed by atoms with Crippen molar-refractivity contribution in [2.24, 2.45) is 5.92 Å². The first-order valence-corrected chi connectivity index (χ1v) is 15.7. The number of halogens is 2. The smallest absolute Gasteiger partial charge is 0.268 e. The lowest BCUT2D eigenvalue weighted by Crippen LogP contribution is -2.39. The van der Waals surface area contributed by atoms with Crippen LogP contribution in [0.15, 0.2) is 73.1 Å². The Labute approximate surface area is 276 Å². The number of likely N-dealkylation sites (tertiary alicyclic amines) is 1. The van der Waals surface area contributed by atoms with Gasteiger partial charge in [-0.25, -0.2) is 13.9 Å². The first-order chi connectivity index (χ1) is 22.7. The molecule has 0 spiro atoms. The number of fused-ring (bicyclic) bond motifs is 1. The largest absolute Gasteiger partial charge is 0.344 e. The third-order valence-electron chi connectivity index (χ3n) is 8.54. The predicted molar refractivity (Wildman–Crippen MR) is 175 cm³/mol. The van der Waals surface area contributed by atoms with Crippen molar-refractivity contribution in [3.63, 3.8) is 0 Å². The predicted octanol–water partition coefficient (Wildman–Crippen LogP) is 5.95. The first kappa shape index (κ1) is 31.5. The molecular formula is C36H31ClFN7O2. The number of nitrogens with zero attached hydrogens (tertiary/aromatic N) is 6. The standard InChI is InChI=1S/C36H31ClFN7O2/c1-23-8-9-27(19-26(23)10-11-29-21-40-33-7-4-16-41-45(29)33)36(47)43-17-14-25(15-18-43)22-44-28(20-39)12-13-32(44)35(46)42-24(2)34-30(37)5-3-6-31(34)38/h3-9,12-13,16,19,21,24-25H,14-15,17-18,22H2,1-2H3,(H,42,46). The number of benzene rings is 2. The third kappa shape index (κ3) is 6.60. The minimum absolute atomic E-state index is 0.0671. The summed E-state index contributed by atoms with van der Waals surface area (Å²) in [5.41, 5.74) is 4.52. The normalized spacial score (nSPS) is 13.9. The van der Waals surface area contributed by atoms with Crippen molar-refractivity contribution in [2.45, 2.75) is 39.3 Å². The maximum atomic E-state index is 14.4. The highest BCUT2D eigenvalue weighted by Gasteiger charge is 2.27. The van der Waals surface area contributed by atoms with Gasteiger partial charge in [0.05, 0.1) is 12.2 Å². The molecule has 1 saturated heterocycles. The lowest BCUT2D eigenvalue weighted by Gasteiger charge is -2.32. The van der Waals surface area contributed by atoms with Crippen molar-refractivity contribution in [3.8, 4) is 17.9 Å². The highest BCUT2D eigenvalue weighted by Crippen LogP contribution is 2.27. The number of nitriles is 1. The number of aryl methyl sites for hydroxylation is 1. The Morgan fingerprint density at radius 1 is 1.09 bits per heavy atom. The van der Waals surface area contributed by atoms with Gasteiger partial charge in [0.25, 0.3) is 11.8 Å². The number of nitrogens with one attached hydrogen (secondary N) is 1. The molecule has 4 heterocycles. The van der Waals surface area contributed by atoms with Gasteiger partial charge in [-0.3, -0.25) is 9.59 Å². The van der Waals surface area contributed by atoms with Gasteiger partial charge >= 0.3 is 0 Å². The van der Waals surface area contributed by atoms with Crippen molar-refractivity contribution >= 4 is 29.1 Å². The fourth-order valence-electron chi connectivity index (χ4n) is 5.92. The number of carbonyl (C=O) groups is 2. The van der Waals surface area contributed by atoms with E-state index in [1.165, 1.54) is 12.1 Å². The summed E-state index contributed by atoms with van der Waals surface area (Å²) in [7, 11) is 0. The number of carbonyl (C=O) groups excluding carboxylic acids is 2. The summed E-state index contributed by atoms with van der Waals surface area (Å²) in [4.78, 5) is 33.0. The van der Waals surface area contributed by atoms with E-state index in [1.807, 2.05) is 42.2 Å². The van der Waals surface area contributed by atoms with Gasteiger partial charge in [0.15, 0.2) is 5.65 Å². The fraction of sp³-hybridized carbons (Fsp3) is 0.250. The van der Waals surface area contributed by atoms with Crippen LogP contribution in [-0.2, 0) is 6.54 Å². The second-order valence-electron chi connectivity index (χ2n) is 11.6. The first-order valence-electron chi connectivity index (χ1n) is 15.3. The van der Waals surface area contributed by atoms with E-state index < -0.39 is 17.8 Å². The quantitative estimate of drug-likeness (QED) is 0.229. The molecule has 1 unspecified atom stereocenters. The van der Waals surface area contributed by atoms with Gasteiger partial charge < -0.3 is 14.8 Å². The topological polar surface area (TPSA) is 108 Å². The molecule has 6 rings (SSSR count). The molecule has 1 atom stereocenters. The summed E-state index contributed by atoms with van der Waals surface area (Å²) >= 11 is 6.20. The molecule has 0 radical (unpaired) electrons. The van der Waals surface area contributed by atoms with E-state index in [0.29, 0.717) is 60.8 Å². The SMILES string of the molecule is Cc1ccc(C(=O)N2CCC(Cn3c(C#N)ccc3C(=O)NC(C)c3c(F)cccc3Cl)CC2)cc1C#Cc1cnc2cccnn12. The average Bonchev–Trinajstić information content (AvgIpc) is 3.68. The molecule has 0 bridgehead atoms. The summed E-state index contributed by atoms with van der Waals surface area (Å²) in [6.45, 7) is 5.14.